The summed E-state index contributed by atoms with van der Waals surface area (Å²) >= 11 is 0. The number of amides is 5. The molecule has 2 fully saturated rings. The van der Waals surface area contributed by atoms with Crippen molar-refractivity contribution in [2.45, 2.75) is 64.2 Å². The van der Waals surface area contributed by atoms with Gasteiger partial charge in [0, 0.05) is 39.2 Å². The van der Waals surface area contributed by atoms with Crippen molar-refractivity contribution in [2.75, 3.05) is 46.0 Å². The molecular formula is C28H38N4O8. The Balaban J connectivity index is 1.19. The molecule has 12 nitrogen and oxygen atoms in total. The van der Waals surface area contributed by atoms with E-state index < -0.39 is 41.4 Å². The second kappa shape index (κ2) is 12.9. The first-order valence-electron chi connectivity index (χ1n) is 13.8. The summed E-state index contributed by atoms with van der Waals surface area (Å²) in [6, 6.07) is 4.17. The molecule has 218 valence electrons. The number of carbonyl (C=O) groups excluding carboxylic acids is 5. The van der Waals surface area contributed by atoms with Crippen LogP contribution < -0.4 is 10.6 Å². The molecule has 0 saturated carbocycles. The predicted octanol–water partition coefficient (Wildman–Crippen LogP) is 1.26. The lowest BCUT2D eigenvalue weighted by atomic mass is 9.99. The minimum atomic E-state index is -0.978. The normalized spacial score (nSPS) is 21.8. The number of morpholine rings is 1. The highest BCUT2D eigenvalue weighted by Crippen LogP contribution is 2.30. The largest absolute Gasteiger partial charge is 0.444 e. The van der Waals surface area contributed by atoms with Crippen molar-refractivity contribution in [3.05, 3.63) is 34.9 Å². The number of alkyl carbamates (subject to hydrolysis) is 1. The summed E-state index contributed by atoms with van der Waals surface area (Å²) < 4.78 is 16.8. The predicted molar refractivity (Wildman–Crippen MR) is 143 cm³/mol. The topological polar surface area (TPSA) is 144 Å². The van der Waals surface area contributed by atoms with E-state index in [1.165, 1.54) is 0 Å². The molecule has 12 heteroatoms. The lowest BCUT2D eigenvalue weighted by Crippen LogP contribution is -2.54. The van der Waals surface area contributed by atoms with Gasteiger partial charge in [-0.3, -0.25) is 34.3 Å². The van der Waals surface area contributed by atoms with Crippen LogP contribution in [0.25, 0.3) is 0 Å². The lowest BCUT2D eigenvalue weighted by molar-refractivity contribution is -0.136. The summed E-state index contributed by atoms with van der Waals surface area (Å²) in [5.41, 5.74) is 0.806. The zero-order valence-electron chi connectivity index (χ0n) is 23.3. The van der Waals surface area contributed by atoms with Crippen LogP contribution in [0.15, 0.2) is 18.2 Å². The molecule has 4 rings (SSSR count). The number of nitrogens with zero attached hydrogens (tertiary/aromatic N) is 2. The van der Waals surface area contributed by atoms with E-state index in [4.69, 9.17) is 14.2 Å². The van der Waals surface area contributed by atoms with E-state index in [9.17, 15) is 24.0 Å². The van der Waals surface area contributed by atoms with E-state index in [1.807, 2.05) is 26.8 Å². The van der Waals surface area contributed by atoms with Crippen LogP contribution in [0.4, 0.5) is 4.79 Å². The molecule has 0 aromatic heterocycles. The average molecular weight is 559 g/mol. The fraction of sp³-hybridized carbons (Fsp3) is 0.607. The smallest absolute Gasteiger partial charge is 0.407 e. The molecule has 0 radical (unpaired) electrons. The van der Waals surface area contributed by atoms with Crippen LogP contribution in [-0.4, -0.2) is 103 Å². The van der Waals surface area contributed by atoms with Crippen LogP contribution in [0.5, 0.6) is 0 Å². The number of hydrogen-bond donors (Lipinski definition) is 2. The average Bonchev–Trinajstić information content (AvgIpc) is 3.14. The summed E-state index contributed by atoms with van der Waals surface area (Å²) in [5.74, 6) is -2.01. The summed E-state index contributed by atoms with van der Waals surface area (Å²) in [5, 5.41) is 4.97. The van der Waals surface area contributed by atoms with Gasteiger partial charge in [-0.15, -0.1) is 0 Å². The highest BCUT2D eigenvalue weighted by atomic mass is 16.6. The van der Waals surface area contributed by atoms with Gasteiger partial charge in [0.1, 0.15) is 11.6 Å². The van der Waals surface area contributed by atoms with Gasteiger partial charge in [-0.25, -0.2) is 4.79 Å². The van der Waals surface area contributed by atoms with Crippen LogP contribution >= 0.6 is 0 Å². The number of benzene rings is 1. The summed E-state index contributed by atoms with van der Waals surface area (Å²) in [7, 11) is 0. The third-order valence-electron chi connectivity index (χ3n) is 6.94. The Hall–Kier alpha value is -3.35. The summed E-state index contributed by atoms with van der Waals surface area (Å²) in [6.45, 7) is 9.58. The molecule has 0 aliphatic carbocycles. The molecule has 1 aromatic carbocycles. The number of piperidine rings is 1. The van der Waals surface area contributed by atoms with Crippen molar-refractivity contribution in [2.24, 2.45) is 0 Å². The fourth-order valence-electron chi connectivity index (χ4n) is 5.07. The molecule has 2 unspecified atom stereocenters. The van der Waals surface area contributed by atoms with Crippen molar-refractivity contribution in [3.8, 4) is 0 Å². The van der Waals surface area contributed by atoms with E-state index in [1.54, 1.807) is 12.1 Å². The van der Waals surface area contributed by atoms with Gasteiger partial charge in [-0.1, -0.05) is 12.1 Å². The minimum Gasteiger partial charge on any atom is -0.444 e. The molecule has 1 aromatic rings. The fourth-order valence-corrected chi connectivity index (χ4v) is 5.07. The van der Waals surface area contributed by atoms with Crippen LogP contribution in [0.2, 0.25) is 0 Å². The van der Waals surface area contributed by atoms with Gasteiger partial charge in [0.15, 0.2) is 0 Å². The second-order valence-electron chi connectivity index (χ2n) is 11.2. The van der Waals surface area contributed by atoms with Crippen molar-refractivity contribution < 1.29 is 38.2 Å². The monoisotopic (exact) mass is 558 g/mol. The maximum atomic E-state index is 13.2. The standard InChI is InChI=1S/C28H38N4O8/c1-28(2,3)40-27(37)29-16-19-17-31(12-15-39-19)11-14-38-13-5-7-18-6-4-8-20-23(18)26(36)32(25(20)35)21-9-10-22(33)30-24(21)34/h4,6,8,19,21H,5,7,9-17H2,1-3H3,(H,29,37)(H,30,33,34). The molecule has 0 spiro atoms. The molecule has 3 heterocycles. The number of ether oxygens (including phenoxy) is 3. The Morgan fingerprint density at radius 2 is 1.95 bits per heavy atom. The van der Waals surface area contributed by atoms with Crippen LogP contribution in [0.1, 0.15) is 66.3 Å². The first kappa shape index (κ1) is 29.6. The number of hydrogen-bond acceptors (Lipinski definition) is 9. The number of carbonyl (C=O) groups is 5. The third kappa shape index (κ3) is 7.43. The minimum absolute atomic E-state index is 0.0854. The van der Waals surface area contributed by atoms with E-state index in [2.05, 4.69) is 15.5 Å². The van der Waals surface area contributed by atoms with Gasteiger partial charge < -0.3 is 19.5 Å². The van der Waals surface area contributed by atoms with Gasteiger partial charge in [0.2, 0.25) is 11.8 Å². The molecule has 2 saturated heterocycles. The molecule has 5 amide bonds. The van der Waals surface area contributed by atoms with Gasteiger partial charge in [-0.2, -0.15) is 0 Å². The molecule has 2 atom stereocenters. The first-order chi connectivity index (χ1) is 19.0. The summed E-state index contributed by atoms with van der Waals surface area (Å²) in [4.78, 5) is 65.1. The lowest BCUT2D eigenvalue weighted by Gasteiger charge is -2.33. The Labute approximate surface area is 233 Å². The van der Waals surface area contributed by atoms with Crippen molar-refractivity contribution in [1.82, 2.24) is 20.4 Å². The zero-order valence-corrected chi connectivity index (χ0v) is 23.3. The first-order valence-corrected chi connectivity index (χ1v) is 13.8. The van der Waals surface area contributed by atoms with Crippen LogP contribution in [-0.2, 0) is 30.2 Å². The van der Waals surface area contributed by atoms with Gasteiger partial charge >= 0.3 is 6.09 Å². The maximum absolute atomic E-state index is 13.2. The second-order valence-corrected chi connectivity index (χ2v) is 11.2. The SMILES string of the molecule is CC(C)(C)OC(=O)NCC1CN(CCOCCCc2cccc3c2C(=O)N(C2CCC(=O)NC2=O)C3=O)CCO1. The summed E-state index contributed by atoms with van der Waals surface area (Å²) in [6.07, 6.45) is 0.825. The quantitative estimate of drug-likeness (QED) is 0.320. The molecular weight excluding hydrogens is 520 g/mol. The Morgan fingerprint density at radius 1 is 1.15 bits per heavy atom. The van der Waals surface area contributed by atoms with Crippen molar-refractivity contribution in [3.63, 3.8) is 0 Å². The maximum Gasteiger partial charge on any atom is 0.407 e. The molecule has 3 aliphatic rings. The van der Waals surface area contributed by atoms with Gasteiger partial charge in [-0.05, 0) is 51.7 Å². The highest BCUT2D eigenvalue weighted by Gasteiger charge is 2.45. The number of aryl methyl sites for hydroxylation is 1. The third-order valence-corrected chi connectivity index (χ3v) is 6.94. The van der Waals surface area contributed by atoms with E-state index in [0.29, 0.717) is 51.3 Å². The van der Waals surface area contributed by atoms with Crippen LogP contribution in [0.3, 0.4) is 0 Å². The van der Waals surface area contributed by atoms with Crippen molar-refractivity contribution >= 4 is 29.7 Å². The van der Waals surface area contributed by atoms with Gasteiger partial charge in [0.05, 0.1) is 30.4 Å². The zero-order chi connectivity index (χ0) is 28.9. The molecule has 40 heavy (non-hydrogen) atoms. The van der Waals surface area contributed by atoms with Crippen LogP contribution in [0, 0.1) is 0 Å². The molecule has 3 aliphatic heterocycles. The number of fused-ring (bicyclic) bond motifs is 1. The van der Waals surface area contributed by atoms with E-state index >= 15 is 0 Å². The Morgan fingerprint density at radius 3 is 2.70 bits per heavy atom. The number of imide groups is 2. The highest BCUT2D eigenvalue weighted by molar-refractivity contribution is 6.24. The van der Waals surface area contributed by atoms with E-state index in [-0.39, 0.29) is 24.5 Å². The van der Waals surface area contributed by atoms with Gasteiger partial charge in [0.25, 0.3) is 11.8 Å². The molecule has 2 N–H and O–H groups in total. The number of nitrogens with one attached hydrogen (secondary N) is 2. The van der Waals surface area contributed by atoms with E-state index in [0.717, 1.165) is 23.6 Å². The number of rotatable bonds is 10. The Kier molecular flexibility index (Phi) is 9.54. The van der Waals surface area contributed by atoms with Crippen molar-refractivity contribution in [1.29, 1.82) is 0 Å². The Bertz CT molecular complexity index is 1150. The molecule has 0 bridgehead atoms.